The average Bonchev–Trinajstić information content (AvgIpc) is 2.86. The van der Waals surface area contributed by atoms with Gasteiger partial charge < -0.3 is 14.5 Å². The first kappa shape index (κ1) is 9.76. The molecule has 0 radical (unpaired) electrons. The summed E-state index contributed by atoms with van der Waals surface area (Å²) in [4.78, 5) is 8.23. The van der Waals surface area contributed by atoms with Crippen molar-refractivity contribution >= 4 is 5.95 Å². The number of nitrogens with one attached hydrogen (secondary N) is 1. The molecule has 5 nitrogen and oxygen atoms in total. The third-order valence-electron chi connectivity index (χ3n) is 2.40. The molecule has 15 heavy (non-hydrogen) atoms. The summed E-state index contributed by atoms with van der Waals surface area (Å²) in [6.45, 7) is 3.05. The Morgan fingerprint density at radius 2 is 2.27 bits per heavy atom. The van der Waals surface area contributed by atoms with E-state index in [4.69, 9.17) is 0 Å². The Kier molecular flexibility index (Phi) is 2.71. The minimum absolute atomic E-state index is 0.351. The quantitative estimate of drug-likeness (QED) is 0.820. The van der Waals surface area contributed by atoms with Gasteiger partial charge in [-0.15, -0.1) is 0 Å². The molecule has 2 rings (SSSR count). The summed E-state index contributed by atoms with van der Waals surface area (Å²) in [7, 11) is 1.88. The molecule has 1 unspecified atom stereocenters. The van der Waals surface area contributed by atoms with Gasteiger partial charge in [0.2, 0.25) is 5.95 Å². The second kappa shape index (κ2) is 4.16. The summed E-state index contributed by atoms with van der Waals surface area (Å²) in [5, 5.41) is 3.06. The average molecular weight is 205 g/mol. The van der Waals surface area contributed by atoms with Crippen molar-refractivity contribution in [3.63, 3.8) is 0 Å². The Bertz CT molecular complexity index is 403. The minimum atomic E-state index is 0.351. The Hall–Kier alpha value is -1.78. The summed E-state index contributed by atoms with van der Waals surface area (Å²) < 4.78 is 4.17. The molecule has 2 heterocycles. The lowest BCUT2D eigenvalue weighted by Crippen LogP contribution is -2.13. The third kappa shape index (κ3) is 2.01. The summed E-state index contributed by atoms with van der Waals surface area (Å²) >= 11 is 0. The maximum atomic E-state index is 4.21. The Balaban J connectivity index is 2.11. The van der Waals surface area contributed by atoms with E-state index in [0.717, 1.165) is 12.5 Å². The van der Waals surface area contributed by atoms with E-state index in [-0.39, 0.29) is 0 Å². The molecule has 0 saturated carbocycles. The predicted molar refractivity (Wildman–Crippen MR) is 58.7 cm³/mol. The van der Waals surface area contributed by atoms with Crippen molar-refractivity contribution in [1.29, 1.82) is 0 Å². The zero-order valence-corrected chi connectivity index (χ0v) is 8.96. The molecule has 2 aromatic heterocycles. The molecular formula is C10H15N5. The van der Waals surface area contributed by atoms with Gasteiger partial charge in [0.25, 0.3) is 0 Å². The first-order valence-electron chi connectivity index (χ1n) is 4.97. The van der Waals surface area contributed by atoms with Crippen molar-refractivity contribution in [1.82, 2.24) is 19.1 Å². The Morgan fingerprint density at radius 1 is 1.40 bits per heavy atom. The van der Waals surface area contributed by atoms with E-state index in [1.54, 1.807) is 12.4 Å². The van der Waals surface area contributed by atoms with Crippen LogP contribution in [0.5, 0.6) is 0 Å². The standard InChI is InChI=1S/C10H15N5/c1-9(7-14-5-3-12-8-14)15-6-4-13-10(15)11-2/h3-6,8-9H,7H2,1-2H3,(H,11,13). The van der Waals surface area contributed by atoms with E-state index in [2.05, 4.69) is 31.3 Å². The monoisotopic (exact) mass is 205 g/mol. The van der Waals surface area contributed by atoms with Gasteiger partial charge in [-0.25, -0.2) is 9.97 Å². The highest BCUT2D eigenvalue weighted by Gasteiger charge is 2.08. The van der Waals surface area contributed by atoms with Crippen LogP contribution in [-0.2, 0) is 6.54 Å². The molecule has 0 aromatic carbocycles. The summed E-state index contributed by atoms with van der Waals surface area (Å²) in [5.41, 5.74) is 0. The van der Waals surface area contributed by atoms with Gasteiger partial charge in [-0.05, 0) is 6.92 Å². The first-order valence-corrected chi connectivity index (χ1v) is 4.97. The van der Waals surface area contributed by atoms with Gasteiger partial charge in [0, 0.05) is 38.4 Å². The molecule has 80 valence electrons. The lowest BCUT2D eigenvalue weighted by Gasteiger charge is -2.16. The highest BCUT2D eigenvalue weighted by Crippen LogP contribution is 2.14. The first-order chi connectivity index (χ1) is 7.31. The molecule has 0 fully saturated rings. The number of nitrogens with zero attached hydrogens (tertiary/aromatic N) is 4. The van der Waals surface area contributed by atoms with Crippen molar-refractivity contribution in [2.75, 3.05) is 12.4 Å². The molecule has 0 bridgehead atoms. The number of rotatable bonds is 4. The molecule has 2 aromatic rings. The van der Waals surface area contributed by atoms with E-state index in [0.29, 0.717) is 6.04 Å². The number of imidazole rings is 2. The largest absolute Gasteiger partial charge is 0.359 e. The van der Waals surface area contributed by atoms with Crippen LogP contribution in [0.25, 0.3) is 0 Å². The van der Waals surface area contributed by atoms with Crippen molar-refractivity contribution in [2.24, 2.45) is 0 Å². The minimum Gasteiger partial charge on any atom is -0.359 e. The van der Waals surface area contributed by atoms with Crippen LogP contribution in [0.15, 0.2) is 31.1 Å². The Morgan fingerprint density at radius 3 is 2.93 bits per heavy atom. The van der Waals surface area contributed by atoms with Crippen molar-refractivity contribution in [3.8, 4) is 0 Å². The fraction of sp³-hybridized carbons (Fsp3) is 0.400. The second-order valence-electron chi connectivity index (χ2n) is 3.52. The molecule has 0 spiro atoms. The van der Waals surface area contributed by atoms with Gasteiger partial charge in [0.05, 0.1) is 12.4 Å². The fourth-order valence-electron chi connectivity index (χ4n) is 1.65. The molecule has 1 atom stereocenters. The Labute approximate surface area is 88.8 Å². The van der Waals surface area contributed by atoms with Crippen LogP contribution in [0, 0.1) is 0 Å². The molecular weight excluding hydrogens is 190 g/mol. The van der Waals surface area contributed by atoms with E-state index < -0.39 is 0 Å². The SMILES string of the molecule is CNc1nccn1C(C)Cn1ccnc1. The van der Waals surface area contributed by atoms with Crippen LogP contribution in [0.1, 0.15) is 13.0 Å². The van der Waals surface area contributed by atoms with Crippen LogP contribution >= 0.6 is 0 Å². The molecule has 1 N–H and O–H groups in total. The van der Waals surface area contributed by atoms with Gasteiger partial charge in [-0.1, -0.05) is 0 Å². The molecule has 5 heteroatoms. The normalized spacial score (nSPS) is 12.7. The number of anilines is 1. The maximum absolute atomic E-state index is 4.21. The molecule has 0 aliphatic rings. The van der Waals surface area contributed by atoms with Gasteiger partial charge in [-0.2, -0.15) is 0 Å². The van der Waals surface area contributed by atoms with Gasteiger partial charge >= 0.3 is 0 Å². The van der Waals surface area contributed by atoms with Crippen LogP contribution in [0.4, 0.5) is 5.95 Å². The van der Waals surface area contributed by atoms with E-state index in [9.17, 15) is 0 Å². The summed E-state index contributed by atoms with van der Waals surface area (Å²) in [6.07, 6.45) is 9.36. The van der Waals surface area contributed by atoms with Gasteiger partial charge in [-0.3, -0.25) is 0 Å². The zero-order chi connectivity index (χ0) is 10.7. The van der Waals surface area contributed by atoms with Gasteiger partial charge in [0.15, 0.2) is 0 Å². The summed E-state index contributed by atoms with van der Waals surface area (Å²) in [5.74, 6) is 0.891. The number of hydrogen-bond acceptors (Lipinski definition) is 3. The van der Waals surface area contributed by atoms with Crippen molar-refractivity contribution in [3.05, 3.63) is 31.1 Å². The molecule has 0 aliphatic heterocycles. The van der Waals surface area contributed by atoms with Crippen molar-refractivity contribution in [2.45, 2.75) is 19.5 Å². The van der Waals surface area contributed by atoms with Crippen molar-refractivity contribution < 1.29 is 0 Å². The highest BCUT2D eigenvalue weighted by molar-refractivity contribution is 5.24. The van der Waals surface area contributed by atoms with Crippen LogP contribution < -0.4 is 5.32 Å². The van der Waals surface area contributed by atoms with Gasteiger partial charge in [0.1, 0.15) is 0 Å². The predicted octanol–water partition coefficient (Wildman–Crippen LogP) is 1.38. The fourth-order valence-corrected chi connectivity index (χ4v) is 1.65. The molecule has 0 saturated heterocycles. The third-order valence-corrected chi connectivity index (χ3v) is 2.40. The van der Waals surface area contributed by atoms with Crippen LogP contribution in [0.3, 0.4) is 0 Å². The highest BCUT2D eigenvalue weighted by atomic mass is 15.2. The van der Waals surface area contributed by atoms with Crippen LogP contribution in [-0.4, -0.2) is 26.1 Å². The van der Waals surface area contributed by atoms with Crippen LogP contribution in [0.2, 0.25) is 0 Å². The zero-order valence-electron chi connectivity index (χ0n) is 8.96. The smallest absolute Gasteiger partial charge is 0.202 e. The molecule has 0 aliphatic carbocycles. The van der Waals surface area contributed by atoms with E-state index in [1.807, 2.05) is 25.8 Å². The number of aromatic nitrogens is 4. The summed E-state index contributed by atoms with van der Waals surface area (Å²) in [6, 6.07) is 0.351. The topological polar surface area (TPSA) is 47.7 Å². The van der Waals surface area contributed by atoms with E-state index in [1.165, 1.54) is 0 Å². The van der Waals surface area contributed by atoms with E-state index >= 15 is 0 Å². The molecule has 0 amide bonds. The lowest BCUT2D eigenvalue weighted by molar-refractivity contribution is 0.468. The number of hydrogen-bond donors (Lipinski definition) is 1. The lowest BCUT2D eigenvalue weighted by atomic mass is 10.3. The maximum Gasteiger partial charge on any atom is 0.202 e. The second-order valence-corrected chi connectivity index (χ2v) is 3.52.